The first kappa shape index (κ1) is 12.9. The molecule has 0 unspecified atom stereocenters. The van der Waals surface area contributed by atoms with Crippen LogP contribution >= 0.6 is 0 Å². The average Bonchev–Trinajstić information content (AvgIpc) is 3.09. The summed E-state index contributed by atoms with van der Waals surface area (Å²) >= 11 is 0. The summed E-state index contributed by atoms with van der Waals surface area (Å²) in [5.74, 6) is 0. The molecule has 3 rings (SSSR count). The molecule has 3 aliphatic rings. The van der Waals surface area contributed by atoms with Gasteiger partial charge in [0.15, 0.2) is 0 Å². The van der Waals surface area contributed by atoms with Crippen LogP contribution in [0, 0.1) is 0 Å². The number of nitrogens with zero attached hydrogens (tertiary/aromatic N) is 2. The van der Waals surface area contributed by atoms with Crippen molar-refractivity contribution in [1.82, 2.24) is 9.80 Å². The fourth-order valence-electron chi connectivity index (χ4n) is 4.52. The van der Waals surface area contributed by atoms with E-state index in [0.29, 0.717) is 0 Å². The van der Waals surface area contributed by atoms with Crippen molar-refractivity contribution in [3.8, 4) is 0 Å². The minimum absolute atomic E-state index is 0.853. The van der Waals surface area contributed by atoms with Crippen LogP contribution in [-0.2, 0) is 0 Å². The van der Waals surface area contributed by atoms with Crippen molar-refractivity contribution >= 4 is 0 Å². The number of hydrogen-bond acceptors (Lipinski definition) is 2. The maximum Gasteiger partial charge on any atom is 0.0220 e. The minimum atomic E-state index is 0.853. The molecule has 0 aromatic rings. The van der Waals surface area contributed by atoms with E-state index >= 15 is 0 Å². The first-order chi connectivity index (χ1) is 8.84. The van der Waals surface area contributed by atoms with Gasteiger partial charge in [0, 0.05) is 24.7 Å². The zero-order valence-electron chi connectivity index (χ0n) is 12.1. The van der Waals surface area contributed by atoms with E-state index in [-0.39, 0.29) is 0 Å². The second kappa shape index (κ2) is 5.92. The molecule has 0 aromatic carbocycles. The molecule has 2 aliphatic carbocycles. The number of rotatable bonds is 4. The quantitative estimate of drug-likeness (QED) is 0.755. The van der Waals surface area contributed by atoms with Gasteiger partial charge in [-0.3, -0.25) is 4.90 Å². The fraction of sp³-hybridized carbons (Fsp3) is 1.00. The first-order valence-corrected chi connectivity index (χ1v) is 8.30. The van der Waals surface area contributed by atoms with Crippen LogP contribution in [0.2, 0.25) is 0 Å². The van der Waals surface area contributed by atoms with Crippen LogP contribution in [0.15, 0.2) is 0 Å². The van der Waals surface area contributed by atoms with Gasteiger partial charge in [-0.25, -0.2) is 0 Å². The molecule has 2 saturated carbocycles. The summed E-state index contributed by atoms with van der Waals surface area (Å²) < 4.78 is 0. The standard InChI is InChI=1S/C16H30N2/c1-17-12-6-11-16(17)13-18(14-7-2-3-8-14)15-9-4-5-10-15/h14-16H,2-13H2,1H3/t16-/m1/s1. The third kappa shape index (κ3) is 2.75. The highest BCUT2D eigenvalue weighted by molar-refractivity contribution is 4.90. The summed E-state index contributed by atoms with van der Waals surface area (Å²) in [7, 11) is 2.33. The molecule has 0 spiro atoms. The van der Waals surface area contributed by atoms with Gasteiger partial charge in [-0.2, -0.15) is 0 Å². The molecule has 0 amide bonds. The van der Waals surface area contributed by atoms with Gasteiger partial charge in [0.05, 0.1) is 0 Å². The van der Waals surface area contributed by atoms with Crippen LogP contribution in [0.1, 0.15) is 64.2 Å². The summed E-state index contributed by atoms with van der Waals surface area (Å²) in [6.07, 6.45) is 14.7. The van der Waals surface area contributed by atoms with Gasteiger partial charge in [0.25, 0.3) is 0 Å². The summed E-state index contributed by atoms with van der Waals surface area (Å²) in [5, 5.41) is 0. The van der Waals surface area contributed by atoms with Crippen molar-refractivity contribution in [3.05, 3.63) is 0 Å². The van der Waals surface area contributed by atoms with E-state index in [0.717, 1.165) is 18.1 Å². The summed E-state index contributed by atoms with van der Waals surface area (Å²) in [4.78, 5) is 5.56. The van der Waals surface area contributed by atoms with Crippen molar-refractivity contribution in [2.75, 3.05) is 20.1 Å². The minimum Gasteiger partial charge on any atom is -0.302 e. The molecular formula is C16H30N2. The third-order valence-corrected chi connectivity index (χ3v) is 5.68. The first-order valence-electron chi connectivity index (χ1n) is 8.30. The zero-order chi connectivity index (χ0) is 12.4. The molecular weight excluding hydrogens is 220 g/mol. The highest BCUT2D eigenvalue weighted by Gasteiger charge is 2.33. The molecule has 1 saturated heterocycles. The Bertz CT molecular complexity index is 238. The van der Waals surface area contributed by atoms with Crippen molar-refractivity contribution in [2.45, 2.75) is 82.3 Å². The molecule has 1 atom stereocenters. The third-order valence-electron chi connectivity index (χ3n) is 5.68. The molecule has 0 radical (unpaired) electrons. The summed E-state index contributed by atoms with van der Waals surface area (Å²) in [5.41, 5.74) is 0. The highest BCUT2D eigenvalue weighted by Crippen LogP contribution is 2.32. The molecule has 18 heavy (non-hydrogen) atoms. The van der Waals surface area contributed by atoms with E-state index in [1.54, 1.807) is 0 Å². The van der Waals surface area contributed by atoms with Gasteiger partial charge < -0.3 is 4.90 Å². The van der Waals surface area contributed by atoms with Crippen LogP contribution in [0.3, 0.4) is 0 Å². The van der Waals surface area contributed by atoms with E-state index in [1.807, 2.05) is 0 Å². The van der Waals surface area contributed by atoms with Crippen molar-refractivity contribution in [3.63, 3.8) is 0 Å². The second-order valence-corrected chi connectivity index (χ2v) is 6.85. The lowest BCUT2D eigenvalue weighted by Gasteiger charge is -2.37. The Kier molecular flexibility index (Phi) is 4.25. The van der Waals surface area contributed by atoms with Crippen LogP contribution in [0.5, 0.6) is 0 Å². The van der Waals surface area contributed by atoms with E-state index in [4.69, 9.17) is 0 Å². The van der Waals surface area contributed by atoms with Crippen molar-refractivity contribution in [1.29, 1.82) is 0 Å². The summed E-state index contributed by atoms with van der Waals surface area (Å²) in [6.45, 7) is 2.69. The molecule has 0 N–H and O–H groups in total. The molecule has 0 aromatic heterocycles. The lowest BCUT2D eigenvalue weighted by molar-refractivity contribution is 0.101. The van der Waals surface area contributed by atoms with E-state index in [1.165, 1.54) is 77.3 Å². The maximum absolute atomic E-state index is 2.95. The highest BCUT2D eigenvalue weighted by atomic mass is 15.3. The SMILES string of the molecule is CN1CCC[C@@H]1CN(C1CCCC1)C1CCCC1. The summed E-state index contributed by atoms with van der Waals surface area (Å²) in [6, 6.07) is 2.72. The number of hydrogen-bond donors (Lipinski definition) is 0. The lowest BCUT2D eigenvalue weighted by Crippen LogP contribution is -2.47. The Hall–Kier alpha value is -0.0800. The van der Waals surface area contributed by atoms with Crippen LogP contribution in [0.25, 0.3) is 0 Å². The van der Waals surface area contributed by atoms with Crippen molar-refractivity contribution in [2.24, 2.45) is 0 Å². The Morgan fingerprint density at radius 2 is 1.39 bits per heavy atom. The molecule has 3 fully saturated rings. The molecule has 1 aliphatic heterocycles. The van der Waals surface area contributed by atoms with Gasteiger partial charge in [-0.15, -0.1) is 0 Å². The Morgan fingerprint density at radius 1 is 0.833 bits per heavy atom. The molecule has 0 bridgehead atoms. The van der Waals surface area contributed by atoms with Gasteiger partial charge >= 0.3 is 0 Å². The Labute approximate surface area is 113 Å². The van der Waals surface area contributed by atoms with Crippen LogP contribution in [-0.4, -0.2) is 48.1 Å². The van der Waals surface area contributed by atoms with Gasteiger partial charge in [-0.05, 0) is 52.1 Å². The van der Waals surface area contributed by atoms with E-state index in [2.05, 4.69) is 16.8 Å². The topological polar surface area (TPSA) is 6.48 Å². The molecule has 2 heteroatoms. The van der Waals surface area contributed by atoms with E-state index < -0.39 is 0 Å². The zero-order valence-corrected chi connectivity index (χ0v) is 12.1. The van der Waals surface area contributed by atoms with Gasteiger partial charge in [0.1, 0.15) is 0 Å². The Balaban J connectivity index is 1.64. The number of likely N-dealkylation sites (tertiary alicyclic amines) is 1. The maximum atomic E-state index is 2.95. The monoisotopic (exact) mass is 250 g/mol. The predicted molar refractivity (Wildman–Crippen MR) is 76.9 cm³/mol. The molecule has 104 valence electrons. The molecule has 2 nitrogen and oxygen atoms in total. The van der Waals surface area contributed by atoms with Gasteiger partial charge in [-0.1, -0.05) is 25.7 Å². The smallest absolute Gasteiger partial charge is 0.0220 e. The fourth-order valence-corrected chi connectivity index (χ4v) is 4.52. The molecule has 1 heterocycles. The van der Waals surface area contributed by atoms with Crippen LogP contribution in [0.4, 0.5) is 0 Å². The van der Waals surface area contributed by atoms with Crippen LogP contribution < -0.4 is 0 Å². The Morgan fingerprint density at radius 3 is 1.83 bits per heavy atom. The largest absolute Gasteiger partial charge is 0.302 e. The predicted octanol–water partition coefficient (Wildman–Crippen LogP) is 3.27. The average molecular weight is 250 g/mol. The van der Waals surface area contributed by atoms with Crippen molar-refractivity contribution < 1.29 is 0 Å². The lowest BCUT2D eigenvalue weighted by atomic mass is 10.1. The number of likely N-dealkylation sites (N-methyl/N-ethyl adjacent to an activating group) is 1. The van der Waals surface area contributed by atoms with Gasteiger partial charge in [0.2, 0.25) is 0 Å². The van der Waals surface area contributed by atoms with E-state index in [9.17, 15) is 0 Å². The second-order valence-electron chi connectivity index (χ2n) is 6.85. The normalized spacial score (nSPS) is 32.0.